The van der Waals surface area contributed by atoms with Gasteiger partial charge in [0.1, 0.15) is 11.6 Å². The van der Waals surface area contributed by atoms with Crippen LogP contribution >= 0.6 is 0 Å². The molecule has 0 aliphatic rings. The van der Waals surface area contributed by atoms with Crippen LogP contribution in [0.2, 0.25) is 0 Å². The number of fused-ring (bicyclic) bond motifs is 1. The average Bonchev–Trinajstić information content (AvgIpc) is 2.49. The number of aromatic nitrogens is 1. The third kappa shape index (κ3) is 2.77. The molecule has 0 amide bonds. The summed E-state index contributed by atoms with van der Waals surface area (Å²) in [5, 5.41) is 1.01. The lowest BCUT2D eigenvalue weighted by molar-refractivity contribution is 0.325. The topological polar surface area (TPSA) is 22.1 Å². The van der Waals surface area contributed by atoms with E-state index in [0.29, 0.717) is 6.61 Å². The number of ether oxygens (including phenoxy) is 1. The van der Waals surface area contributed by atoms with E-state index in [1.165, 1.54) is 12.1 Å². The lowest BCUT2D eigenvalue weighted by Crippen LogP contribution is -2.02. The molecule has 0 bridgehead atoms. The fourth-order valence-corrected chi connectivity index (χ4v) is 2.13. The predicted octanol–water partition coefficient (Wildman–Crippen LogP) is 4.00. The molecular weight excluding hydrogens is 253 g/mol. The smallest absolute Gasteiger partial charge is 0.130 e. The van der Waals surface area contributed by atoms with Gasteiger partial charge in [0.25, 0.3) is 0 Å². The maximum atomic E-state index is 12.8. The number of halogens is 1. The van der Waals surface area contributed by atoms with Crippen molar-refractivity contribution < 1.29 is 9.13 Å². The van der Waals surface area contributed by atoms with Gasteiger partial charge < -0.3 is 4.74 Å². The van der Waals surface area contributed by atoms with Gasteiger partial charge in [0, 0.05) is 18.0 Å². The van der Waals surface area contributed by atoms with E-state index in [9.17, 15) is 4.39 Å². The maximum Gasteiger partial charge on any atom is 0.130 e. The molecule has 0 N–H and O–H groups in total. The van der Waals surface area contributed by atoms with E-state index in [1.54, 1.807) is 18.3 Å². The second-order valence-electron chi connectivity index (χ2n) is 4.55. The van der Waals surface area contributed by atoms with Crippen molar-refractivity contribution >= 4 is 10.9 Å². The third-order valence-corrected chi connectivity index (χ3v) is 3.17. The zero-order chi connectivity index (χ0) is 13.8. The van der Waals surface area contributed by atoms with Gasteiger partial charge in [-0.05, 0) is 35.9 Å². The van der Waals surface area contributed by atoms with Crippen molar-refractivity contribution in [3.05, 3.63) is 72.2 Å². The molecule has 0 fully saturated rings. The minimum absolute atomic E-state index is 0.213. The summed E-state index contributed by atoms with van der Waals surface area (Å²) in [4.78, 5) is 4.30. The standard InChI is InChI=1S/C17H14FNO/c18-14-7-5-13(6-8-14)10-12-20-17-9-11-19-16-4-2-1-3-15(16)17/h1-9,11H,10,12H2. The van der Waals surface area contributed by atoms with E-state index in [-0.39, 0.29) is 5.82 Å². The molecule has 3 rings (SSSR count). The van der Waals surface area contributed by atoms with E-state index in [0.717, 1.165) is 28.6 Å². The summed E-state index contributed by atoms with van der Waals surface area (Å²) >= 11 is 0. The van der Waals surface area contributed by atoms with E-state index in [1.807, 2.05) is 30.3 Å². The molecule has 2 nitrogen and oxygen atoms in total. The fraction of sp³-hybridized carbons (Fsp3) is 0.118. The Labute approximate surface area is 116 Å². The highest BCUT2D eigenvalue weighted by molar-refractivity contribution is 5.84. The molecule has 0 radical (unpaired) electrons. The summed E-state index contributed by atoms with van der Waals surface area (Å²) in [6, 6.07) is 16.3. The molecule has 0 atom stereocenters. The molecule has 0 unspecified atom stereocenters. The van der Waals surface area contributed by atoms with Crippen LogP contribution in [-0.2, 0) is 6.42 Å². The Morgan fingerprint density at radius 1 is 0.950 bits per heavy atom. The van der Waals surface area contributed by atoms with Crippen LogP contribution in [0, 0.1) is 5.82 Å². The van der Waals surface area contributed by atoms with Crippen molar-refractivity contribution in [3.8, 4) is 5.75 Å². The number of hydrogen-bond donors (Lipinski definition) is 0. The molecule has 100 valence electrons. The Kier molecular flexibility index (Phi) is 3.59. The zero-order valence-corrected chi connectivity index (χ0v) is 10.9. The molecule has 3 heteroatoms. The molecule has 0 saturated heterocycles. The molecule has 3 aromatic rings. The molecule has 0 aliphatic heterocycles. The highest BCUT2D eigenvalue weighted by Gasteiger charge is 2.02. The van der Waals surface area contributed by atoms with Gasteiger partial charge in [-0.2, -0.15) is 0 Å². The van der Waals surface area contributed by atoms with Crippen LogP contribution in [0.4, 0.5) is 4.39 Å². The second-order valence-corrected chi connectivity index (χ2v) is 4.55. The first-order valence-electron chi connectivity index (χ1n) is 6.54. The molecule has 0 spiro atoms. The number of pyridine rings is 1. The molecule has 1 aromatic heterocycles. The average molecular weight is 267 g/mol. The first-order chi connectivity index (χ1) is 9.83. The van der Waals surface area contributed by atoms with Crippen molar-refractivity contribution in [3.63, 3.8) is 0 Å². The van der Waals surface area contributed by atoms with Crippen LogP contribution in [0.3, 0.4) is 0 Å². The summed E-state index contributed by atoms with van der Waals surface area (Å²) < 4.78 is 18.6. The van der Waals surface area contributed by atoms with E-state index in [4.69, 9.17) is 4.74 Å². The van der Waals surface area contributed by atoms with Gasteiger partial charge in [0.15, 0.2) is 0 Å². The van der Waals surface area contributed by atoms with Gasteiger partial charge in [-0.15, -0.1) is 0 Å². The van der Waals surface area contributed by atoms with E-state index < -0.39 is 0 Å². The van der Waals surface area contributed by atoms with Crippen LogP contribution in [0.15, 0.2) is 60.8 Å². The van der Waals surface area contributed by atoms with Crippen LogP contribution in [-0.4, -0.2) is 11.6 Å². The van der Waals surface area contributed by atoms with Crippen LogP contribution in [0.5, 0.6) is 5.75 Å². The summed E-state index contributed by atoms with van der Waals surface area (Å²) in [5.74, 6) is 0.618. The number of benzene rings is 2. The summed E-state index contributed by atoms with van der Waals surface area (Å²) in [6.45, 7) is 0.555. The van der Waals surface area contributed by atoms with Gasteiger partial charge >= 0.3 is 0 Å². The predicted molar refractivity (Wildman–Crippen MR) is 77.3 cm³/mol. The highest BCUT2D eigenvalue weighted by atomic mass is 19.1. The first kappa shape index (κ1) is 12.6. The molecule has 20 heavy (non-hydrogen) atoms. The number of nitrogens with zero attached hydrogens (tertiary/aromatic N) is 1. The maximum absolute atomic E-state index is 12.8. The summed E-state index contributed by atoms with van der Waals surface area (Å²) in [6.07, 6.45) is 2.49. The fourth-order valence-electron chi connectivity index (χ4n) is 2.13. The number of para-hydroxylation sites is 1. The van der Waals surface area contributed by atoms with E-state index in [2.05, 4.69) is 4.98 Å². The van der Waals surface area contributed by atoms with Crippen LogP contribution < -0.4 is 4.74 Å². The minimum atomic E-state index is -0.213. The first-order valence-corrected chi connectivity index (χ1v) is 6.54. The van der Waals surface area contributed by atoms with Crippen molar-refractivity contribution in [1.82, 2.24) is 4.98 Å². The van der Waals surface area contributed by atoms with Gasteiger partial charge in [-0.3, -0.25) is 4.98 Å². The normalized spacial score (nSPS) is 10.7. The van der Waals surface area contributed by atoms with Gasteiger partial charge in [0.05, 0.1) is 12.1 Å². The Bertz CT molecular complexity index is 704. The Hall–Kier alpha value is -2.42. The molecule has 2 aromatic carbocycles. The number of hydrogen-bond acceptors (Lipinski definition) is 2. The van der Waals surface area contributed by atoms with Crippen molar-refractivity contribution in [1.29, 1.82) is 0 Å². The van der Waals surface area contributed by atoms with Gasteiger partial charge in [-0.1, -0.05) is 24.3 Å². The van der Waals surface area contributed by atoms with Crippen molar-refractivity contribution in [2.45, 2.75) is 6.42 Å². The lowest BCUT2D eigenvalue weighted by atomic mass is 10.1. The van der Waals surface area contributed by atoms with Crippen LogP contribution in [0.1, 0.15) is 5.56 Å². The Balaban J connectivity index is 1.69. The Morgan fingerprint density at radius 2 is 1.75 bits per heavy atom. The monoisotopic (exact) mass is 267 g/mol. The summed E-state index contributed by atoms with van der Waals surface area (Å²) in [7, 11) is 0. The number of rotatable bonds is 4. The van der Waals surface area contributed by atoms with Crippen molar-refractivity contribution in [2.75, 3.05) is 6.61 Å². The lowest BCUT2D eigenvalue weighted by Gasteiger charge is -2.08. The third-order valence-electron chi connectivity index (χ3n) is 3.17. The van der Waals surface area contributed by atoms with E-state index >= 15 is 0 Å². The largest absolute Gasteiger partial charge is 0.492 e. The van der Waals surface area contributed by atoms with Gasteiger partial charge in [-0.25, -0.2) is 4.39 Å². The van der Waals surface area contributed by atoms with Crippen LogP contribution in [0.25, 0.3) is 10.9 Å². The van der Waals surface area contributed by atoms with Gasteiger partial charge in [0.2, 0.25) is 0 Å². The highest BCUT2D eigenvalue weighted by Crippen LogP contribution is 2.23. The molecule has 0 aliphatic carbocycles. The van der Waals surface area contributed by atoms with Crippen molar-refractivity contribution in [2.24, 2.45) is 0 Å². The Morgan fingerprint density at radius 3 is 2.60 bits per heavy atom. The quantitative estimate of drug-likeness (QED) is 0.713. The SMILES string of the molecule is Fc1ccc(CCOc2ccnc3ccccc23)cc1. The summed E-state index contributed by atoms with van der Waals surface area (Å²) in [5.41, 5.74) is 1.98. The zero-order valence-electron chi connectivity index (χ0n) is 10.9. The molecule has 1 heterocycles. The minimum Gasteiger partial charge on any atom is -0.492 e. The molecule has 0 saturated carbocycles. The molecular formula is C17H14FNO. The second kappa shape index (κ2) is 5.70.